The van der Waals surface area contributed by atoms with Gasteiger partial charge in [-0.2, -0.15) is 0 Å². The van der Waals surface area contributed by atoms with Gasteiger partial charge in [0.1, 0.15) is 0 Å². The Hall–Kier alpha value is -0.0800. The van der Waals surface area contributed by atoms with Gasteiger partial charge in [0.25, 0.3) is 0 Å². The quantitative estimate of drug-likeness (QED) is 0.714. The van der Waals surface area contributed by atoms with Crippen molar-refractivity contribution in [3.63, 3.8) is 0 Å². The number of rotatable bonds is 8. The molecule has 18 heavy (non-hydrogen) atoms. The van der Waals surface area contributed by atoms with Gasteiger partial charge in [-0.1, -0.05) is 47.0 Å². The zero-order valence-electron chi connectivity index (χ0n) is 13.0. The molecule has 0 aliphatic heterocycles. The lowest BCUT2D eigenvalue weighted by atomic mass is 9.86. The third-order valence-electron chi connectivity index (χ3n) is 4.69. The van der Waals surface area contributed by atoms with Crippen LogP contribution in [-0.4, -0.2) is 29.6 Å². The summed E-state index contributed by atoms with van der Waals surface area (Å²) in [4.78, 5) is 2.80. The highest BCUT2D eigenvalue weighted by Crippen LogP contribution is 2.34. The van der Waals surface area contributed by atoms with Gasteiger partial charge in [-0.05, 0) is 31.6 Å². The third-order valence-corrected chi connectivity index (χ3v) is 4.69. The first kappa shape index (κ1) is 16.0. The highest BCUT2D eigenvalue weighted by atomic mass is 15.2. The van der Waals surface area contributed by atoms with Crippen LogP contribution in [-0.2, 0) is 0 Å². The fourth-order valence-corrected chi connectivity index (χ4v) is 3.69. The van der Waals surface area contributed by atoms with Crippen LogP contribution in [0.3, 0.4) is 0 Å². The van der Waals surface area contributed by atoms with E-state index < -0.39 is 0 Å². The summed E-state index contributed by atoms with van der Waals surface area (Å²) in [6.45, 7) is 11.3. The minimum absolute atomic E-state index is 0.258. The smallest absolute Gasteiger partial charge is 0.0332 e. The van der Waals surface area contributed by atoms with Gasteiger partial charge in [0.15, 0.2) is 0 Å². The molecule has 0 heterocycles. The van der Waals surface area contributed by atoms with E-state index in [-0.39, 0.29) is 5.54 Å². The summed E-state index contributed by atoms with van der Waals surface area (Å²) in [5.41, 5.74) is 6.46. The average Bonchev–Trinajstić information content (AvgIpc) is 2.87. The van der Waals surface area contributed by atoms with Crippen LogP contribution in [0.4, 0.5) is 0 Å². The minimum atomic E-state index is 0.258. The average molecular weight is 254 g/mol. The Bertz CT molecular complexity index is 215. The molecule has 1 unspecified atom stereocenters. The first-order valence-electron chi connectivity index (χ1n) is 8.06. The van der Waals surface area contributed by atoms with Crippen LogP contribution >= 0.6 is 0 Å². The standard InChI is InChI=1S/C16H34N2/c1-5-11-16(6-2,13-17)18(12-14(3)4)15-9-7-8-10-15/h14-15H,5-13,17H2,1-4H3. The molecule has 0 aromatic carbocycles. The Kier molecular flexibility index (Phi) is 6.65. The lowest BCUT2D eigenvalue weighted by Crippen LogP contribution is -2.58. The van der Waals surface area contributed by atoms with Crippen LogP contribution in [0.1, 0.15) is 72.6 Å². The molecule has 2 nitrogen and oxygen atoms in total. The third kappa shape index (κ3) is 3.71. The predicted octanol–water partition coefficient (Wildman–Crippen LogP) is 3.79. The van der Waals surface area contributed by atoms with E-state index >= 15 is 0 Å². The zero-order chi connectivity index (χ0) is 13.6. The molecule has 0 bridgehead atoms. The lowest BCUT2D eigenvalue weighted by molar-refractivity contribution is 0.0272. The maximum Gasteiger partial charge on any atom is 0.0332 e. The van der Waals surface area contributed by atoms with E-state index in [0.29, 0.717) is 0 Å². The van der Waals surface area contributed by atoms with E-state index in [2.05, 4.69) is 32.6 Å². The molecule has 1 saturated carbocycles. The molecule has 1 aliphatic rings. The van der Waals surface area contributed by atoms with Crippen molar-refractivity contribution in [2.45, 2.75) is 84.2 Å². The molecule has 1 atom stereocenters. The Morgan fingerprint density at radius 1 is 1.22 bits per heavy atom. The summed E-state index contributed by atoms with van der Waals surface area (Å²) in [6.07, 6.45) is 9.29. The molecule has 2 N–H and O–H groups in total. The zero-order valence-corrected chi connectivity index (χ0v) is 13.0. The van der Waals surface area contributed by atoms with E-state index in [9.17, 15) is 0 Å². The molecule has 0 radical (unpaired) electrons. The summed E-state index contributed by atoms with van der Waals surface area (Å²) >= 11 is 0. The maximum absolute atomic E-state index is 6.21. The van der Waals surface area contributed by atoms with Crippen molar-refractivity contribution < 1.29 is 0 Å². The van der Waals surface area contributed by atoms with Gasteiger partial charge >= 0.3 is 0 Å². The first-order chi connectivity index (χ1) is 8.59. The second-order valence-electron chi connectivity index (χ2n) is 6.52. The van der Waals surface area contributed by atoms with Gasteiger partial charge in [-0.3, -0.25) is 4.90 Å². The van der Waals surface area contributed by atoms with E-state index in [4.69, 9.17) is 5.73 Å². The van der Waals surface area contributed by atoms with Crippen molar-refractivity contribution >= 4 is 0 Å². The summed E-state index contributed by atoms with van der Waals surface area (Å²) < 4.78 is 0. The fourth-order valence-electron chi connectivity index (χ4n) is 3.69. The molecule has 0 amide bonds. The number of nitrogens with two attached hydrogens (primary N) is 1. The van der Waals surface area contributed by atoms with Crippen molar-refractivity contribution in [3.8, 4) is 0 Å². The van der Waals surface area contributed by atoms with Gasteiger partial charge in [0.2, 0.25) is 0 Å². The van der Waals surface area contributed by atoms with Crippen molar-refractivity contribution in [1.82, 2.24) is 4.90 Å². The number of nitrogens with zero attached hydrogens (tertiary/aromatic N) is 1. The highest BCUT2D eigenvalue weighted by molar-refractivity contribution is 4.95. The fraction of sp³-hybridized carbons (Fsp3) is 1.00. The summed E-state index contributed by atoms with van der Waals surface area (Å²) in [6, 6.07) is 0.794. The molecule has 2 heteroatoms. The second kappa shape index (κ2) is 7.49. The molecule has 1 fully saturated rings. The van der Waals surface area contributed by atoms with Crippen molar-refractivity contribution in [3.05, 3.63) is 0 Å². The van der Waals surface area contributed by atoms with E-state index in [1.54, 1.807) is 0 Å². The van der Waals surface area contributed by atoms with Gasteiger partial charge < -0.3 is 5.73 Å². The van der Waals surface area contributed by atoms with Crippen molar-refractivity contribution in [2.75, 3.05) is 13.1 Å². The van der Waals surface area contributed by atoms with Crippen molar-refractivity contribution in [1.29, 1.82) is 0 Å². The van der Waals surface area contributed by atoms with Gasteiger partial charge in [-0.15, -0.1) is 0 Å². The number of hydrogen-bond donors (Lipinski definition) is 1. The molecule has 0 saturated heterocycles. The normalized spacial score (nSPS) is 20.8. The SMILES string of the molecule is CCCC(CC)(CN)N(CC(C)C)C1CCCC1. The summed E-state index contributed by atoms with van der Waals surface area (Å²) in [5, 5.41) is 0. The van der Waals surface area contributed by atoms with Gasteiger partial charge in [-0.25, -0.2) is 0 Å². The predicted molar refractivity (Wildman–Crippen MR) is 80.8 cm³/mol. The monoisotopic (exact) mass is 254 g/mol. The Morgan fingerprint density at radius 2 is 1.83 bits per heavy atom. The van der Waals surface area contributed by atoms with Crippen LogP contribution in [0.5, 0.6) is 0 Å². The van der Waals surface area contributed by atoms with Crippen LogP contribution < -0.4 is 5.73 Å². The van der Waals surface area contributed by atoms with E-state index in [0.717, 1.165) is 18.5 Å². The van der Waals surface area contributed by atoms with Crippen LogP contribution in [0.25, 0.3) is 0 Å². The molecule has 108 valence electrons. The van der Waals surface area contributed by atoms with Gasteiger partial charge in [0, 0.05) is 24.7 Å². The maximum atomic E-state index is 6.21. The molecule has 1 rings (SSSR count). The Labute approximate surface area is 114 Å². The lowest BCUT2D eigenvalue weighted by Gasteiger charge is -2.47. The van der Waals surface area contributed by atoms with Crippen LogP contribution in [0, 0.1) is 5.92 Å². The highest BCUT2D eigenvalue weighted by Gasteiger charge is 2.38. The van der Waals surface area contributed by atoms with Gasteiger partial charge in [0.05, 0.1) is 0 Å². The Balaban J connectivity index is 2.88. The Morgan fingerprint density at radius 3 is 2.22 bits per heavy atom. The molecular weight excluding hydrogens is 220 g/mol. The molecule has 1 aliphatic carbocycles. The molecule has 0 spiro atoms. The van der Waals surface area contributed by atoms with Crippen LogP contribution in [0.2, 0.25) is 0 Å². The molecule has 0 aromatic heterocycles. The number of hydrogen-bond acceptors (Lipinski definition) is 2. The topological polar surface area (TPSA) is 29.3 Å². The van der Waals surface area contributed by atoms with E-state index in [1.807, 2.05) is 0 Å². The molecule has 0 aromatic rings. The largest absolute Gasteiger partial charge is 0.329 e. The first-order valence-corrected chi connectivity index (χ1v) is 8.06. The van der Waals surface area contributed by atoms with Crippen LogP contribution in [0.15, 0.2) is 0 Å². The summed E-state index contributed by atoms with van der Waals surface area (Å²) in [5.74, 6) is 0.736. The van der Waals surface area contributed by atoms with Crippen molar-refractivity contribution in [2.24, 2.45) is 11.7 Å². The second-order valence-corrected chi connectivity index (χ2v) is 6.52. The van der Waals surface area contributed by atoms with E-state index in [1.165, 1.54) is 51.5 Å². The molecular formula is C16H34N2. The minimum Gasteiger partial charge on any atom is -0.329 e. The summed E-state index contributed by atoms with van der Waals surface area (Å²) in [7, 11) is 0.